The van der Waals surface area contributed by atoms with Crippen molar-refractivity contribution < 1.29 is 14.2 Å². The second-order valence-corrected chi connectivity index (χ2v) is 3.68. The maximum Gasteiger partial charge on any atom is 0.161 e. The van der Waals surface area contributed by atoms with Crippen LogP contribution in [0.2, 0.25) is 0 Å². The summed E-state index contributed by atoms with van der Waals surface area (Å²) in [4.78, 5) is 0. The van der Waals surface area contributed by atoms with E-state index in [9.17, 15) is 0 Å². The van der Waals surface area contributed by atoms with E-state index in [-0.39, 0.29) is 5.60 Å². The lowest BCUT2D eigenvalue weighted by molar-refractivity contribution is 0.197. The Morgan fingerprint density at radius 1 is 1.36 bits per heavy atom. The Bertz CT molecular complexity index is 318. The van der Waals surface area contributed by atoms with Crippen LogP contribution in [0.4, 0.5) is 0 Å². The molecule has 1 heterocycles. The molecule has 0 saturated carbocycles. The van der Waals surface area contributed by atoms with Crippen molar-refractivity contribution >= 4 is 0 Å². The van der Waals surface area contributed by atoms with Crippen LogP contribution in [0.1, 0.15) is 6.92 Å². The summed E-state index contributed by atoms with van der Waals surface area (Å²) < 4.78 is 16.0. The van der Waals surface area contributed by atoms with Crippen molar-refractivity contribution in [1.82, 2.24) is 0 Å². The molecule has 1 aromatic carbocycles. The molecule has 1 atom stereocenters. The Kier molecular flexibility index (Phi) is 2.33. The van der Waals surface area contributed by atoms with Gasteiger partial charge < -0.3 is 14.2 Å². The van der Waals surface area contributed by atoms with Gasteiger partial charge in [-0.3, -0.25) is 0 Å². The summed E-state index contributed by atoms with van der Waals surface area (Å²) in [7, 11) is 1.64. The first-order valence-corrected chi connectivity index (χ1v) is 4.63. The third kappa shape index (κ3) is 1.99. The Morgan fingerprint density at radius 2 is 2.00 bits per heavy atom. The van der Waals surface area contributed by atoms with Gasteiger partial charge in [0.2, 0.25) is 0 Å². The molecule has 3 nitrogen and oxygen atoms in total. The van der Waals surface area contributed by atoms with E-state index in [1.54, 1.807) is 7.11 Å². The standard InChI is InChI=1S/C11H14O3/c1-11(8-14-11)7-13-10-6-4-3-5-9(10)12-2/h3-6H,7-8H2,1-2H3. The average molecular weight is 194 g/mol. The van der Waals surface area contributed by atoms with Crippen molar-refractivity contribution in [2.24, 2.45) is 0 Å². The molecular formula is C11H14O3. The maximum absolute atomic E-state index is 5.60. The normalized spacial score (nSPS) is 24.4. The van der Waals surface area contributed by atoms with E-state index < -0.39 is 0 Å². The summed E-state index contributed by atoms with van der Waals surface area (Å²) in [6.07, 6.45) is 0. The Morgan fingerprint density at radius 3 is 2.57 bits per heavy atom. The van der Waals surface area contributed by atoms with Crippen molar-refractivity contribution in [2.75, 3.05) is 20.3 Å². The zero-order valence-electron chi connectivity index (χ0n) is 8.45. The molecule has 2 rings (SSSR count). The van der Waals surface area contributed by atoms with Gasteiger partial charge in [0.15, 0.2) is 11.5 Å². The van der Waals surface area contributed by atoms with E-state index in [4.69, 9.17) is 14.2 Å². The van der Waals surface area contributed by atoms with Crippen LogP contribution >= 0.6 is 0 Å². The predicted molar refractivity (Wildman–Crippen MR) is 52.8 cm³/mol. The molecule has 3 heteroatoms. The van der Waals surface area contributed by atoms with Gasteiger partial charge in [-0.2, -0.15) is 0 Å². The lowest BCUT2D eigenvalue weighted by Gasteiger charge is -2.11. The predicted octanol–water partition coefficient (Wildman–Crippen LogP) is 1.86. The van der Waals surface area contributed by atoms with E-state index in [2.05, 4.69) is 0 Å². The van der Waals surface area contributed by atoms with E-state index in [1.807, 2.05) is 31.2 Å². The van der Waals surface area contributed by atoms with Gasteiger partial charge >= 0.3 is 0 Å². The van der Waals surface area contributed by atoms with Gasteiger partial charge in [-0.25, -0.2) is 0 Å². The minimum Gasteiger partial charge on any atom is -0.493 e. The largest absolute Gasteiger partial charge is 0.493 e. The first-order chi connectivity index (χ1) is 6.73. The number of methoxy groups -OCH3 is 1. The second kappa shape index (κ2) is 3.50. The molecule has 0 amide bonds. The fourth-order valence-corrected chi connectivity index (χ4v) is 1.17. The Hall–Kier alpha value is -1.22. The number of epoxide rings is 1. The SMILES string of the molecule is COc1ccccc1OCC1(C)CO1. The van der Waals surface area contributed by atoms with E-state index in [0.717, 1.165) is 18.1 Å². The Balaban J connectivity index is 2.00. The van der Waals surface area contributed by atoms with Gasteiger partial charge in [-0.1, -0.05) is 12.1 Å². The minimum absolute atomic E-state index is 0.0825. The number of para-hydroxylation sites is 2. The van der Waals surface area contributed by atoms with Crippen LogP contribution in [0.3, 0.4) is 0 Å². The molecule has 1 aliphatic heterocycles. The molecule has 0 N–H and O–H groups in total. The van der Waals surface area contributed by atoms with Gasteiger partial charge in [0.05, 0.1) is 13.7 Å². The zero-order valence-corrected chi connectivity index (χ0v) is 8.45. The van der Waals surface area contributed by atoms with Crippen LogP contribution in [-0.4, -0.2) is 25.9 Å². The molecule has 0 aromatic heterocycles. The monoisotopic (exact) mass is 194 g/mol. The maximum atomic E-state index is 5.60. The molecule has 76 valence electrons. The van der Waals surface area contributed by atoms with E-state index >= 15 is 0 Å². The lowest BCUT2D eigenvalue weighted by Crippen LogP contribution is -2.17. The summed E-state index contributed by atoms with van der Waals surface area (Å²) in [5.74, 6) is 1.53. The van der Waals surface area contributed by atoms with Gasteiger partial charge in [0, 0.05) is 0 Å². The number of hydrogen-bond acceptors (Lipinski definition) is 3. The lowest BCUT2D eigenvalue weighted by atomic mass is 10.2. The van der Waals surface area contributed by atoms with Crippen molar-refractivity contribution in [3.8, 4) is 11.5 Å². The zero-order chi connectivity index (χ0) is 10.0. The fourth-order valence-electron chi connectivity index (χ4n) is 1.17. The molecule has 1 aliphatic rings. The second-order valence-electron chi connectivity index (χ2n) is 3.68. The highest BCUT2D eigenvalue weighted by Gasteiger charge is 2.40. The molecule has 1 saturated heterocycles. The van der Waals surface area contributed by atoms with Crippen LogP contribution in [0.15, 0.2) is 24.3 Å². The van der Waals surface area contributed by atoms with Gasteiger partial charge in [0.25, 0.3) is 0 Å². The highest BCUT2D eigenvalue weighted by molar-refractivity contribution is 5.39. The first kappa shape index (κ1) is 9.34. The molecule has 0 radical (unpaired) electrons. The van der Waals surface area contributed by atoms with Crippen LogP contribution in [0.5, 0.6) is 11.5 Å². The fraction of sp³-hybridized carbons (Fsp3) is 0.455. The molecule has 0 spiro atoms. The van der Waals surface area contributed by atoms with E-state index in [1.165, 1.54) is 0 Å². The molecule has 0 bridgehead atoms. The molecular weight excluding hydrogens is 180 g/mol. The highest BCUT2D eigenvalue weighted by Crippen LogP contribution is 2.30. The molecule has 0 aliphatic carbocycles. The quantitative estimate of drug-likeness (QED) is 0.685. The number of benzene rings is 1. The number of rotatable bonds is 4. The van der Waals surface area contributed by atoms with Crippen molar-refractivity contribution in [1.29, 1.82) is 0 Å². The third-order valence-corrected chi connectivity index (χ3v) is 2.24. The van der Waals surface area contributed by atoms with Crippen molar-refractivity contribution in [2.45, 2.75) is 12.5 Å². The summed E-state index contributed by atoms with van der Waals surface area (Å²) in [5.41, 5.74) is -0.0825. The molecule has 1 unspecified atom stereocenters. The molecule has 1 aromatic rings. The smallest absolute Gasteiger partial charge is 0.161 e. The van der Waals surface area contributed by atoms with E-state index in [0.29, 0.717) is 6.61 Å². The van der Waals surface area contributed by atoms with Gasteiger partial charge in [0.1, 0.15) is 12.2 Å². The van der Waals surface area contributed by atoms with Crippen LogP contribution in [-0.2, 0) is 4.74 Å². The summed E-state index contributed by atoms with van der Waals surface area (Å²) in [5, 5.41) is 0. The minimum atomic E-state index is -0.0825. The average Bonchev–Trinajstić information content (AvgIpc) is 2.95. The summed E-state index contributed by atoms with van der Waals surface area (Å²) >= 11 is 0. The van der Waals surface area contributed by atoms with Crippen LogP contribution in [0, 0.1) is 0 Å². The van der Waals surface area contributed by atoms with Gasteiger partial charge in [-0.15, -0.1) is 0 Å². The first-order valence-electron chi connectivity index (χ1n) is 4.63. The molecule has 1 fully saturated rings. The van der Waals surface area contributed by atoms with Crippen molar-refractivity contribution in [3.63, 3.8) is 0 Å². The highest BCUT2D eigenvalue weighted by atomic mass is 16.6. The molecule has 14 heavy (non-hydrogen) atoms. The number of ether oxygens (including phenoxy) is 3. The van der Waals surface area contributed by atoms with Crippen LogP contribution < -0.4 is 9.47 Å². The summed E-state index contributed by atoms with van der Waals surface area (Å²) in [6, 6.07) is 7.62. The number of hydrogen-bond donors (Lipinski definition) is 0. The topological polar surface area (TPSA) is 31.0 Å². The van der Waals surface area contributed by atoms with Crippen LogP contribution in [0.25, 0.3) is 0 Å². The summed E-state index contributed by atoms with van der Waals surface area (Å²) in [6.45, 7) is 3.39. The van der Waals surface area contributed by atoms with Gasteiger partial charge in [-0.05, 0) is 19.1 Å². The Labute approximate surface area is 83.6 Å². The van der Waals surface area contributed by atoms with Crippen molar-refractivity contribution in [3.05, 3.63) is 24.3 Å². The third-order valence-electron chi connectivity index (χ3n) is 2.24.